The predicted molar refractivity (Wildman–Crippen MR) is 150 cm³/mol. The number of rotatable bonds is 11. The molecule has 0 radical (unpaired) electrons. The van der Waals surface area contributed by atoms with Crippen LogP contribution < -0.4 is 10.1 Å². The van der Waals surface area contributed by atoms with Crippen molar-refractivity contribution in [3.05, 3.63) is 95.6 Å². The van der Waals surface area contributed by atoms with E-state index in [4.69, 9.17) is 4.74 Å². The van der Waals surface area contributed by atoms with E-state index in [1.807, 2.05) is 50.2 Å². The van der Waals surface area contributed by atoms with Crippen molar-refractivity contribution in [3.8, 4) is 5.75 Å². The third-order valence-corrected chi connectivity index (χ3v) is 8.47. The van der Waals surface area contributed by atoms with Gasteiger partial charge in [-0.05, 0) is 49.2 Å². The highest BCUT2D eigenvalue weighted by molar-refractivity contribution is 7.90. The van der Waals surface area contributed by atoms with Gasteiger partial charge in [-0.1, -0.05) is 54.6 Å². The fourth-order valence-corrected chi connectivity index (χ4v) is 6.26. The Hall–Kier alpha value is -4.18. The van der Waals surface area contributed by atoms with Crippen LogP contribution >= 0.6 is 0 Å². The molecule has 0 aliphatic carbocycles. The zero-order chi connectivity index (χ0) is 28.9. The second kappa shape index (κ2) is 12.3. The molecule has 10 heteroatoms. The Bertz CT molecular complexity index is 1490. The SMILES string of the molecule is COc1cccc(CN(C(=O)CCN2C(=O)c3ccccc3S2(=O)=O)[C@@H](Cc2ccccc2)C(=O)NC(C)C)c1. The van der Waals surface area contributed by atoms with Gasteiger partial charge in [-0.3, -0.25) is 14.4 Å². The van der Waals surface area contributed by atoms with Crippen molar-refractivity contribution in [1.29, 1.82) is 0 Å². The number of amides is 3. The van der Waals surface area contributed by atoms with Gasteiger partial charge < -0.3 is 15.0 Å². The van der Waals surface area contributed by atoms with Crippen molar-refractivity contribution in [2.24, 2.45) is 0 Å². The van der Waals surface area contributed by atoms with E-state index >= 15 is 0 Å². The van der Waals surface area contributed by atoms with Crippen LogP contribution in [0.1, 0.15) is 41.8 Å². The van der Waals surface area contributed by atoms with Crippen LogP contribution in [0.4, 0.5) is 0 Å². The predicted octanol–water partition coefficient (Wildman–Crippen LogP) is 3.39. The number of carbonyl (C=O) groups excluding carboxylic acids is 3. The maximum atomic E-state index is 13.9. The van der Waals surface area contributed by atoms with Crippen LogP contribution in [0.3, 0.4) is 0 Å². The summed E-state index contributed by atoms with van der Waals surface area (Å²) in [5.74, 6) is -0.849. The lowest BCUT2D eigenvalue weighted by Crippen LogP contribution is -2.52. The maximum Gasteiger partial charge on any atom is 0.269 e. The van der Waals surface area contributed by atoms with Crippen molar-refractivity contribution in [2.45, 2.75) is 50.2 Å². The van der Waals surface area contributed by atoms with E-state index < -0.39 is 27.9 Å². The standard InChI is InChI=1S/C30H33N3O6S/c1-21(2)31-29(35)26(19-22-10-5-4-6-11-22)32(20-23-12-9-13-24(18-23)39-3)28(34)16-17-33-30(36)25-14-7-8-15-27(25)40(33,37)38/h4-15,18,21,26H,16-17,19-20H2,1-3H3,(H,31,35)/t26-/m0/s1. The van der Waals surface area contributed by atoms with Gasteiger partial charge in [0.05, 0.1) is 12.7 Å². The summed E-state index contributed by atoms with van der Waals surface area (Å²) in [6.45, 7) is 3.42. The monoisotopic (exact) mass is 563 g/mol. The molecule has 3 amide bonds. The van der Waals surface area contributed by atoms with Crippen molar-refractivity contribution in [3.63, 3.8) is 0 Å². The smallest absolute Gasteiger partial charge is 0.269 e. The Labute approximate surface area is 234 Å². The summed E-state index contributed by atoms with van der Waals surface area (Å²) >= 11 is 0. The molecule has 0 fully saturated rings. The largest absolute Gasteiger partial charge is 0.497 e. The van der Waals surface area contributed by atoms with Gasteiger partial charge in [0, 0.05) is 32.0 Å². The number of ether oxygens (including phenoxy) is 1. The lowest BCUT2D eigenvalue weighted by Gasteiger charge is -2.32. The second-order valence-electron chi connectivity index (χ2n) is 9.87. The third kappa shape index (κ3) is 6.34. The van der Waals surface area contributed by atoms with Crippen molar-refractivity contribution in [2.75, 3.05) is 13.7 Å². The van der Waals surface area contributed by atoms with Gasteiger partial charge in [-0.2, -0.15) is 0 Å². The number of sulfonamides is 1. The van der Waals surface area contributed by atoms with Gasteiger partial charge in [0.2, 0.25) is 11.8 Å². The molecule has 0 aromatic heterocycles. The van der Waals surface area contributed by atoms with Gasteiger partial charge in [0.25, 0.3) is 15.9 Å². The zero-order valence-electron chi connectivity index (χ0n) is 22.7. The number of nitrogens with zero attached hydrogens (tertiary/aromatic N) is 2. The molecule has 0 spiro atoms. The fraction of sp³-hybridized carbons (Fsp3) is 0.300. The molecular formula is C30H33N3O6S. The second-order valence-corrected chi connectivity index (χ2v) is 11.7. The maximum absolute atomic E-state index is 13.9. The van der Waals surface area contributed by atoms with Crippen LogP contribution in [0, 0.1) is 0 Å². The number of nitrogens with one attached hydrogen (secondary N) is 1. The first-order chi connectivity index (χ1) is 19.1. The molecule has 1 heterocycles. The summed E-state index contributed by atoms with van der Waals surface area (Å²) in [7, 11) is -2.53. The fourth-order valence-electron chi connectivity index (χ4n) is 4.70. The molecule has 9 nitrogen and oxygen atoms in total. The minimum atomic E-state index is -4.07. The Morgan fingerprint density at radius 2 is 1.62 bits per heavy atom. The van der Waals surface area contributed by atoms with E-state index in [2.05, 4.69) is 5.32 Å². The van der Waals surface area contributed by atoms with Crippen molar-refractivity contribution < 1.29 is 27.5 Å². The number of hydrogen-bond donors (Lipinski definition) is 1. The third-order valence-electron chi connectivity index (χ3n) is 6.63. The van der Waals surface area contributed by atoms with Crippen LogP contribution in [0.2, 0.25) is 0 Å². The number of methoxy groups -OCH3 is 1. The Morgan fingerprint density at radius 1 is 0.950 bits per heavy atom. The Balaban J connectivity index is 1.65. The molecule has 1 aliphatic heterocycles. The minimum absolute atomic E-state index is 0.0704. The van der Waals surface area contributed by atoms with E-state index in [1.54, 1.807) is 37.4 Å². The normalized spacial score (nSPS) is 14.5. The molecule has 0 unspecified atom stereocenters. The Morgan fingerprint density at radius 3 is 2.30 bits per heavy atom. The van der Waals surface area contributed by atoms with E-state index in [0.717, 1.165) is 15.4 Å². The molecule has 1 aliphatic rings. The molecule has 0 saturated carbocycles. The number of fused-ring (bicyclic) bond motifs is 1. The summed E-state index contributed by atoms with van der Waals surface area (Å²) in [5.41, 5.74) is 1.68. The first-order valence-electron chi connectivity index (χ1n) is 13.0. The Kier molecular flexibility index (Phi) is 8.89. The first-order valence-corrected chi connectivity index (χ1v) is 14.5. The highest BCUT2D eigenvalue weighted by atomic mass is 32.2. The molecular weight excluding hydrogens is 530 g/mol. The average Bonchev–Trinajstić information content (AvgIpc) is 3.14. The van der Waals surface area contributed by atoms with Gasteiger partial charge in [0.15, 0.2) is 0 Å². The van der Waals surface area contributed by atoms with Crippen LogP contribution in [-0.2, 0) is 32.6 Å². The molecule has 210 valence electrons. The molecule has 0 bridgehead atoms. The molecule has 1 atom stereocenters. The van der Waals surface area contributed by atoms with Gasteiger partial charge in [-0.25, -0.2) is 12.7 Å². The van der Waals surface area contributed by atoms with Gasteiger partial charge in [0.1, 0.15) is 16.7 Å². The highest BCUT2D eigenvalue weighted by Crippen LogP contribution is 2.30. The summed E-state index contributed by atoms with van der Waals surface area (Å²) in [6, 6.07) is 21.5. The van der Waals surface area contributed by atoms with Crippen LogP contribution in [0.5, 0.6) is 5.75 Å². The van der Waals surface area contributed by atoms with Crippen LogP contribution in [0.15, 0.2) is 83.8 Å². The zero-order valence-corrected chi connectivity index (χ0v) is 23.6. The summed E-state index contributed by atoms with van der Waals surface area (Å²) in [6.07, 6.45) is -0.0370. The molecule has 0 saturated heterocycles. The highest BCUT2D eigenvalue weighted by Gasteiger charge is 2.41. The lowest BCUT2D eigenvalue weighted by molar-refractivity contribution is -0.141. The topological polar surface area (TPSA) is 113 Å². The molecule has 3 aromatic rings. The van der Waals surface area contributed by atoms with Crippen molar-refractivity contribution in [1.82, 2.24) is 14.5 Å². The number of carbonyl (C=O) groups is 3. The summed E-state index contributed by atoms with van der Waals surface area (Å²) in [4.78, 5) is 41.6. The number of hydrogen-bond acceptors (Lipinski definition) is 6. The lowest BCUT2D eigenvalue weighted by atomic mass is 10.0. The average molecular weight is 564 g/mol. The van der Waals surface area contributed by atoms with E-state index in [-0.39, 0.29) is 48.3 Å². The van der Waals surface area contributed by atoms with Crippen molar-refractivity contribution >= 4 is 27.7 Å². The summed E-state index contributed by atoms with van der Waals surface area (Å²) < 4.78 is 32.2. The van der Waals surface area contributed by atoms with Crippen LogP contribution in [0.25, 0.3) is 0 Å². The quantitative estimate of drug-likeness (QED) is 0.383. The van der Waals surface area contributed by atoms with Crippen LogP contribution in [-0.4, -0.2) is 61.1 Å². The van der Waals surface area contributed by atoms with Gasteiger partial charge in [-0.15, -0.1) is 0 Å². The van der Waals surface area contributed by atoms with Gasteiger partial charge >= 0.3 is 0 Å². The van der Waals surface area contributed by atoms with E-state index in [1.165, 1.54) is 17.0 Å². The molecule has 4 rings (SSSR count). The number of benzene rings is 3. The minimum Gasteiger partial charge on any atom is -0.497 e. The molecule has 40 heavy (non-hydrogen) atoms. The van der Waals surface area contributed by atoms with E-state index in [0.29, 0.717) is 5.75 Å². The summed E-state index contributed by atoms with van der Waals surface area (Å²) in [5, 5.41) is 2.92. The molecule has 3 aromatic carbocycles. The first kappa shape index (κ1) is 28.8. The van der Waals surface area contributed by atoms with E-state index in [9.17, 15) is 22.8 Å². The molecule has 1 N–H and O–H groups in total.